The lowest BCUT2D eigenvalue weighted by molar-refractivity contribution is 0.0695. The van der Waals surface area contributed by atoms with E-state index in [2.05, 4.69) is 28.9 Å². The van der Waals surface area contributed by atoms with Crippen molar-refractivity contribution in [2.75, 3.05) is 18.0 Å². The Balaban J connectivity index is 2.29. The maximum absolute atomic E-state index is 11.6. The van der Waals surface area contributed by atoms with Crippen LogP contribution in [0.5, 0.6) is 0 Å². The van der Waals surface area contributed by atoms with Crippen molar-refractivity contribution in [1.29, 1.82) is 0 Å². The number of hydrogen-bond acceptors (Lipinski definition) is 4. The summed E-state index contributed by atoms with van der Waals surface area (Å²) < 4.78 is 0. The molecule has 1 N–H and O–H groups in total. The maximum atomic E-state index is 11.6. The number of anilines is 1. The summed E-state index contributed by atoms with van der Waals surface area (Å²) in [5.74, 6) is -0.380. The molecule has 0 atom stereocenters. The van der Waals surface area contributed by atoms with Crippen molar-refractivity contribution in [2.45, 2.75) is 53.4 Å². The van der Waals surface area contributed by atoms with Gasteiger partial charge in [-0.3, -0.25) is 0 Å². The van der Waals surface area contributed by atoms with Gasteiger partial charge in [0, 0.05) is 13.1 Å². The third-order valence-electron chi connectivity index (χ3n) is 5.27. The van der Waals surface area contributed by atoms with E-state index in [0.29, 0.717) is 22.5 Å². The molecular formula is C16H25N3O2. The number of rotatable bonds is 4. The number of aromatic carboxylic acids is 1. The van der Waals surface area contributed by atoms with E-state index in [1.165, 1.54) is 12.8 Å². The quantitative estimate of drug-likeness (QED) is 0.922. The zero-order chi connectivity index (χ0) is 15.6. The average Bonchev–Trinajstić information content (AvgIpc) is 2.49. The van der Waals surface area contributed by atoms with Crippen molar-refractivity contribution in [1.82, 2.24) is 10.2 Å². The highest BCUT2D eigenvalue weighted by molar-refractivity contribution is 5.95. The monoisotopic (exact) mass is 291 g/mol. The molecule has 5 heteroatoms. The Labute approximate surface area is 126 Å². The van der Waals surface area contributed by atoms with Gasteiger partial charge >= 0.3 is 5.97 Å². The summed E-state index contributed by atoms with van der Waals surface area (Å²) in [5.41, 5.74) is 2.12. The largest absolute Gasteiger partial charge is 0.478 e. The van der Waals surface area contributed by atoms with Crippen molar-refractivity contribution in [2.24, 2.45) is 5.41 Å². The summed E-state index contributed by atoms with van der Waals surface area (Å²) in [5, 5.41) is 17.8. The van der Waals surface area contributed by atoms with Gasteiger partial charge in [-0.05, 0) is 37.7 Å². The average molecular weight is 291 g/mol. The number of carboxylic acid groups (broad SMARTS) is 1. The van der Waals surface area contributed by atoms with Gasteiger partial charge in [0.1, 0.15) is 5.56 Å². The van der Waals surface area contributed by atoms with Crippen LogP contribution in [0.25, 0.3) is 0 Å². The van der Waals surface area contributed by atoms with Gasteiger partial charge in [-0.25, -0.2) is 4.79 Å². The predicted molar refractivity (Wildman–Crippen MR) is 82.9 cm³/mol. The van der Waals surface area contributed by atoms with Crippen LogP contribution in [0.3, 0.4) is 0 Å². The van der Waals surface area contributed by atoms with Gasteiger partial charge in [0.15, 0.2) is 5.82 Å². The number of nitrogens with zero attached hydrogens (tertiary/aromatic N) is 3. The van der Waals surface area contributed by atoms with Crippen molar-refractivity contribution in [3.63, 3.8) is 0 Å². The van der Waals surface area contributed by atoms with Crippen molar-refractivity contribution < 1.29 is 9.90 Å². The minimum absolute atomic E-state index is 0.308. The fraction of sp³-hybridized carbons (Fsp3) is 0.688. The fourth-order valence-corrected chi connectivity index (χ4v) is 3.22. The summed E-state index contributed by atoms with van der Waals surface area (Å²) in [6, 6.07) is 0. The molecule has 0 aromatic carbocycles. The molecule has 2 heterocycles. The molecule has 21 heavy (non-hydrogen) atoms. The Morgan fingerprint density at radius 1 is 1.19 bits per heavy atom. The first-order valence-corrected chi connectivity index (χ1v) is 7.76. The van der Waals surface area contributed by atoms with Crippen LogP contribution in [0.2, 0.25) is 0 Å². The SMILES string of the molecule is CCC1(CC)CCN(c2nnc(C)c(C)c2C(=O)O)CC1. The molecule has 0 bridgehead atoms. The first-order chi connectivity index (χ1) is 9.94. The Morgan fingerprint density at radius 3 is 2.24 bits per heavy atom. The lowest BCUT2D eigenvalue weighted by Gasteiger charge is -2.41. The Kier molecular flexibility index (Phi) is 4.49. The molecule has 0 amide bonds. The highest BCUT2D eigenvalue weighted by Crippen LogP contribution is 2.39. The summed E-state index contributed by atoms with van der Waals surface area (Å²) in [4.78, 5) is 13.7. The smallest absolute Gasteiger partial charge is 0.339 e. The van der Waals surface area contributed by atoms with E-state index >= 15 is 0 Å². The van der Waals surface area contributed by atoms with Gasteiger partial charge in [-0.15, -0.1) is 5.10 Å². The van der Waals surface area contributed by atoms with Gasteiger partial charge in [-0.1, -0.05) is 26.7 Å². The lowest BCUT2D eigenvalue weighted by atomic mass is 9.74. The normalized spacial score (nSPS) is 17.8. The van der Waals surface area contributed by atoms with Crippen LogP contribution in [-0.2, 0) is 0 Å². The van der Waals surface area contributed by atoms with Crippen molar-refractivity contribution >= 4 is 11.8 Å². The third kappa shape index (κ3) is 2.87. The maximum Gasteiger partial charge on any atom is 0.339 e. The van der Waals surface area contributed by atoms with Crippen molar-refractivity contribution in [3.05, 3.63) is 16.8 Å². The van der Waals surface area contributed by atoms with E-state index < -0.39 is 5.97 Å². The van der Waals surface area contributed by atoms with Crippen LogP contribution in [0.1, 0.15) is 61.1 Å². The van der Waals surface area contributed by atoms with Gasteiger partial charge in [0.2, 0.25) is 0 Å². The zero-order valence-corrected chi connectivity index (χ0v) is 13.4. The number of carbonyl (C=O) groups is 1. The second kappa shape index (κ2) is 6.00. The minimum Gasteiger partial charge on any atom is -0.478 e. The summed E-state index contributed by atoms with van der Waals surface area (Å²) >= 11 is 0. The number of carboxylic acids is 1. The predicted octanol–water partition coefficient (Wildman–Crippen LogP) is 3.20. The zero-order valence-electron chi connectivity index (χ0n) is 13.4. The van der Waals surface area contributed by atoms with Gasteiger partial charge in [0.25, 0.3) is 0 Å². The van der Waals surface area contributed by atoms with E-state index in [1.807, 2.05) is 6.92 Å². The molecule has 2 rings (SSSR count). The standard InChI is InChI=1S/C16H25N3O2/c1-5-16(6-2)7-9-19(10-8-16)14-13(15(20)21)11(3)12(4)17-18-14/h5-10H2,1-4H3,(H,20,21). The van der Waals surface area contributed by atoms with Gasteiger partial charge in [0.05, 0.1) is 5.69 Å². The van der Waals surface area contributed by atoms with E-state index in [-0.39, 0.29) is 0 Å². The molecule has 116 valence electrons. The van der Waals surface area contributed by atoms with Crippen LogP contribution in [0, 0.1) is 19.3 Å². The van der Waals surface area contributed by atoms with E-state index in [4.69, 9.17) is 0 Å². The molecule has 0 unspecified atom stereocenters. The first kappa shape index (κ1) is 15.7. The summed E-state index contributed by atoms with van der Waals surface area (Å²) in [6.45, 7) is 9.82. The van der Waals surface area contributed by atoms with Crippen LogP contribution in [0.4, 0.5) is 5.82 Å². The number of aryl methyl sites for hydroxylation is 1. The third-order valence-corrected chi connectivity index (χ3v) is 5.27. The number of aromatic nitrogens is 2. The molecule has 1 aliphatic rings. The van der Waals surface area contributed by atoms with Gasteiger partial charge < -0.3 is 10.0 Å². The summed E-state index contributed by atoms with van der Waals surface area (Å²) in [6.07, 6.45) is 4.55. The fourth-order valence-electron chi connectivity index (χ4n) is 3.22. The molecule has 0 saturated carbocycles. The Bertz CT molecular complexity index is 529. The van der Waals surface area contributed by atoms with E-state index in [0.717, 1.165) is 31.5 Å². The number of piperidine rings is 1. The minimum atomic E-state index is -0.914. The van der Waals surface area contributed by atoms with Crippen LogP contribution < -0.4 is 4.90 Å². The molecule has 1 aliphatic heterocycles. The highest BCUT2D eigenvalue weighted by atomic mass is 16.4. The van der Waals surface area contributed by atoms with Crippen LogP contribution in [0.15, 0.2) is 0 Å². The van der Waals surface area contributed by atoms with Gasteiger partial charge in [-0.2, -0.15) is 5.10 Å². The lowest BCUT2D eigenvalue weighted by Crippen LogP contribution is -2.41. The molecule has 1 aromatic heterocycles. The van der Waals surface area contributed by atoms with Crippen molar-refractivity contribution in [3.8, 4) is 0 Å². The number of hydrogen-bond donors (Lipinski definition) is 1. The molecule has 0 spiro atoms. The second-order valence-corrected chi connectivity index (χ2v) is 6.11. The molecule has 1 aromatic rings. The molecule has 0 aliphatic carbocycles. The van der Waals surface area contributed by atoms with Crippen LogP contribution >= 0.6 is 0 Å². The topological polar surface area (TPSA) is 66.3 Å². The Hall–Kier alpha value is -1.65. The van der Waals surface area contributed by atoms with Crippen LogP contribution in [-0.4, -0.2) is 34.4 Å². The molecule has 1 fully saturated rings. The van der Waals surface area contributed by atoms with E-state index in [1.54, 1.807) is 6.92 Å². The first-order valence-electron chi connectivity index (χ1n) is 7.76. The molecule has 5 nitrogen and oxygen atoms in total. The van der Waals surface area contributed by atoms with E-state index in [9.17, 15) is 9.90 Å². The molecule has 1 saturated heterocycles. The molecular weight excluding hydrogens is 266 g/mol. The summed E-state index contributed by atoms with van der Waals surface area (Å²) in [7, 11) is 0. The molecule has 0 radical (unpaired) electrons. The highest BCUT2D eigenvalue weighted by Gasteiger charge is 2.33. The second-order valence-electron chi connectivity index (χ2n) is 6.11. The Morgan fingerprint density at radius 2 is 1.76 bits per heavy atom.